The van der Waals surface area contributed by atoms with Crippen LogP contribution in [0.4, 0.5) is 0 Å². The van der Waals surface area contributed by atoms with Gasteiger partial charge in [-0.25, -0.2) is 9.97 Å². The predicted molar refractivity (Wildman–Crippen MR) is 120 cm³/mol. The lowest BCUT2D eigenvalue weighted by atomic mass is 9.86. The summed E-state index contributed by atoms with van der Waals surface area (Å²) in [4.78, 5) is 22.4. The first-order chi connectivity index (χ1) is 15.3. The number of hydrogen-bond donors (Lipinski definition) is 2. The third-order valence-corrected chi connectivity index (χ3v) is 6.45. The summed E-state index contributed by atoms with van der Waals surface area (Å²) in [5, 5.41) is 6.27. The molecule has 3 heterocycles. The molecule has 2 aromatic heterocycles. The molecule has 0 radical (unpaired) electrons. The Labute approximate surface area is 188 Å². The Hall–Kier alpha value is -2.93. The molecule has 1 aliphatic carbocycles. The maximum atomic E-state index is 12.8. The van der Waals surface area contributed by atoms with E-state index in [0.717, 1.165) is 30.7 Å². The van der Waals surface area contributed by atoms with Crippen molar-refractivity contribution >= 4 is 5.91 Å². The summed E-state index contributed by atoms with van der Waals surface area (Å²) < 4.78 is 12.3. The van der Waals surface area contributed by atoms with Gasteiger partial charge in [-0.15, -0.1) is 0 Å². The number of rotatable bonds is 3. The van der Waals surface area contributed by atoms with Crippen LogP contribution in [0.1, 0.15) is 79.6 Å². The summed E-state index contributed by atoms with van der Waals surface area (Å²) in [5.41, 5.74) is 4.94. The van der Waals surface area contributed by atoms with Crippen LogP contribution in [0.2, 0.25) is 0 Å². The van der Waals surface area contributed by atoms with E-state index in [2.05, 4.69) is 54.6 Å². The van der Waals surface area contributed by atoms with E-state index in [1.54, 1.807) is 6.26 Å². The number of aryl methyl sites for hydroxylation is 2. The van der Waals surface area contributed by atoms with Crippen molar-refractivity contribution in [3.63, 3.8) is 0 Å². The van der Waals surface area contributed by atoms with Crippen molar-refractivity contribution in [2.45, 2.75) is 65.0 Å². The molecule has 168 valence electrons. The van der Waals surface area contributed by atoms with Gasteiger partial charge in [0.05, 0.1) is 5.69 Å². The minimum Gasteiger partial charge on any atom is -0.443 e. The zero-order chi connectivity index (χ0) is 22.5. The van der Waals surface area contributed by atoms with Gasteiger partial charge in [0.15, 0.2) is 5.69 Å². The van der Waals surface area contributed by atoms with Crippen molar-refractivity contribution in [1.82, 2.24) is 20.6 Å². The molecule has 4 bridgehead atoms. The molecular formula is C25H30N4O3. The minimum absolute atomic E-state index is 0.00345. The second-order valence-corrected chi connectivity index (χ2v) is 9.93. The summed E-state index contributed by atoms with van der Waals surface area (Å²) in [6.45, 7) is 6.86. The second kappa shape index (κ2) is 7.89. The molecule has 7 heteroatoms. The lowest BCUT2D eigenvalue weighted by molar-refractivity contribution is -0.122. The first kappa shape index (κ1) is 20.9. The predicted octanol–water partition coefficient (Wildman–Crippen LogP) is 4.28. The molecule has 1 amide bonds. The first-order valence-electron chi connectivity index (χ1n) is 11.3. The smallest absolute Gasteiger partial charge is 0.249 e. The van der Waals surface area contributed by atoms with E-state index in [-0.39, 0.29) is 23.3 Å². The van der Waals surface area contributed by atoms with Crippen molar-refractivity contribution in [2.24, 2.45) is 5.41 Å². The standard InChI is InChI=1S/C25H30N4O3/c1-25(2,3)22-24-29-20(23-27-16(12-26-4)13-31-23)21(32-24)17-9-8-15-7-5-14(11-18(15)17)6-10-19(30)28-22/h5,7,11,13,17,22,26H,6,8-10,12H2,1-4H3,(H,28,30)/t17-,22+/m0/s1. The number of benzene rings is 1. The van der Waals surface area contributed by atoms with Crippen molar-refractivity contribution in [3.05, 3.63) is 58.5 Å². The number of fused-ring (bicyclic) bond motifs is 4. The van der Waals surface area contributed by atoms with Gasteiger partial charge in [-0.3, -0.25) is 4.79 Å². The normalized spacial score (nSPS) is 20.6. The zero-order valence-corrected chi connectivity index (χ0v) is 19.1. The Balaban J connectivity index is 1.69. The molecule has 0 spiro atoms. The summed E-state index contributed by atoms with van der Waals surface area (Å²) in [6.07, 6.45) is 4.75. The third-order valence-electron chi connectivity index (χ3n) is 6.45. The highest BCUT2D eigenvalue weighted by atomic mass is 16.4. The second-order valence-electron chi connectivity index (χ2n) is 9.93. The highest BCUT2D eigenvalue weighted by Crippen LogP contribution is 2.45. The highest BCUT2D eigenvalue weighted by Gasteiger charge is 2.38. The fourth-order valence-corrected chi connectivity index (χ4v) is 4.76. The van der Waals surface area contributed by atoms with Gasteiger partial charge < -0.3 is 19.5 Å². The molecule has 32 heavy (non-hydrogen) atoms. The Bertz CT molecular complexity index is 1150. The molecular weight excluding hydrogens is 404 g/mol. The lowest BCUT2D eigenvalue weighted by Crippen LogP contribution is -2.37. The maximum absolute atomic E-state index is 12.8. The van der Waals surface area contributed by atoms with Crippen LogP contribution in [0.5, 0.6) is 0 Å². The van der Waals surface area contributed by atoms with E-state index in [9.17, 15) is 4.79 Å². The Morgan fingerprint density at radius 2 is 2.03 bits per heavy atom. The summed E-state index contributed by atoms with van der Waals surface area (Å²) in [5.74, 6) is 1.83. The average molecular weight is 435 g/mol. The van der Waals surface area contributed by atoms with Crippen LogP contribution in [-0.4, -0.2) is 22.9 Å². The fraction of sp³-hybridized carbons (Fsp3) is 0.480. The molecule has 1 aromatic carbocycles. The van der Waals surface area contributed by atoms with Gasteiger partial charge in [0.2, 0.25) is 17.7 Å². The number of aromatic nitrogens is 2. The molecule has 0 unspecified atom stereocenters. The molecule has 1 aliphatic heterocycles. The Morgan fingerprint density at radius 1 is 1.19 bits per heavy atom. The number of carbonyl (C=O) groups excluding carboxylic acids is 1. The van der Waals surface area contributed by atoms with Gasteiger partial charge >= 0.3 is 0 Å². The lowest BCUT2D eigenvalue weighted by Gasteiger charge is -2.29. The first-order valence-corrected chi connectivity index (χ1v) is 11.3. The van der Waals surface area contributed by atoms with Gasteiger partial charge in [-0.05, 0) is 48.4 Å². The van der Waals surface area contributed by atoms with Gasteiger partial charge in [0, 0.05) is 18.9 Å². The molecule has 7 nitrogen and oxygen atoms in total. The van der Waals surface area contributed by atoms with E-state index < -0.39 is 0 Å². The van der Waals surface area contributed by atoms with Gasteiger partial charge in [0.1, 0.15) is 18.1 Å². The number of oxazole rings is 2. The van der Waals surface area contributed by atoms with Crippen molar-refractivity contribution < 1.29 is 13.6 Å². The minimum atomic E-state index is -0.354. The van der Waals surface area contributed by atoms with Crippen molar-refractivity contribution in [3.8, 4) is 11.6 Å². The van der Waals surface area contributed by atoms with E-state index in [4.69, 9.17) is 13.8 Å². The van der Waals surface area contributed by atoms with Crippen LogP contribution in [-0.2, 0) is 24.2 Å². The number of hydrogen-bond acceptors (Lipinski definition) is 6. The van der Waals surface area contributed by atoms with Gasteiger partial charge in [-0.2, -0.15) is 0 Å². The Morgan fingerprint density at radius 3 is 2.81 bits per heavy atom. The molecule has 5 rings (SSSR count). The number of amides is 1. The number of nitrogens with one attached hydrogen (secondary N) is 2. The topological polar surface area (TPSA) is 93.2 Å². The van der Waals surface area contributed by atoms with E-state index in [1.807, 2.05) is 7.05 Å². The fourth-order valence-electron chi connectivity index (χ4n) is 4.76. The molecule has 3 aromatic rings. The largest absolute Gasteiger partial charge is 0.443 e. The summed E-state index contributed by atoms with van der Waals surface area (Å²) in [6, 6.07) is 6.22. The number of nitrogens with zero attached hydrogens (tertiary/aromatic N) is 2. The average Bonchev–Trinajstić information content (AvgIpc) is 3.46. The quantitative estimate of drug-likeness (QED) is 0.639. The van der Waals surface area contributed by atoms with Crippen LogP contribution in [0.25, 0.3) is 11.6 Å². The molecule has 0 fully saturated rings. The van der Waals surface area contributed by atoms with E-state index in [1.165, 1.54) is 16.7 Å². The van der Waals surface area contributed by atoms with Crippen LogP contribution in [0, 0.1) is 5.41 Å². The van der Waals surface area contributed by atoms with Crippen LogP contribution in [0.3, 0.4) is 0 Å². The van der Waals surface area contributed by atoms with E-state index >= 15 is 0 Å². The third kappa shape index (κ3) is 3.75. The summed E-state index contributed by atoms with van der Waals surface area (Å²) >= 11 is 0. The number of carbonyl (C=O) groups is 1. The monoisotopic (exact) mass is 434 g/mol. The van der Waals surface area contributed by atoms with Crippen LogP contribution < -0.4 is 10.6 Å². The molecule has 2 aliphatic rings. The molecule has 2 atom stereocenters. The summed E-state index contributed by atoms with van der Waals surface area (Å²) in [7, 11) is 1.87. The molecule has 0 saturated carbocycles. The van der Waals surface area contributed by atoms with Crippen molar-refractivity contribution in [2.75, 3.05) is 7.05 Å². The molecule has 0 saturated heterocycles. The van der Waals surface area contributed by atoms with E-state index in [0.29, 0.717) is 30.4 Å². The van der Waals surface area contributed by atoms with Gasteiger partial charge in [0.25, 0.3) is 0 Å². The van der Waals surface area contributed by atoms with Crippen molar-refractivity contribution in [1.29, 1.82) is 0 Å². The van der Waals surface area contributed by atoms with Gasteiger partial charge in [-0.1, -0.05) is 39.0 Å². The SMILES string of the molecule is CNCc1coc(-c2nc3oc2[C@H]2CCc4ccc(cc42)CCC(=O)N[C@H]3C(C)(C)C)n1. The highest BCUT2D eigenvalue weighted by molar-refractivity contribution is 5.76. The van der Waals surface area contributed by atoms with Crippen LogP contribution in [0.15, 0.2) is 33.3 Å². The molecule has 2 N–H and O–H groups in total. The zero-order valence-electron chi connectivity index (χ0n) is 19.1. The van der Waals surface area contributed by atoms with Crippen LogP contribution >= 0.6 is 0 Å². The Kier molecular flexibility index (Phi) is 5.16. The maximum Gasteiger partial charge on any atom is 0.249 e.